The van der Waals surface area contributed by atoms with Gasteiger partial charge < -0.3 is 9.47 Å². The zero-order valence-electron chi connectivity index (χ0n) is 11.0. The number of pyridine rings is 1. The Balaban J connectivity index is 1.72. The third kappa shape index (κ3) is 2.70. The lowest BCUT2D eigenvalue weighted by Crippen LogP contribution is -2.22. The van der Waals surface area contributed by atoms with Crippen LogP contribution < -0.4 is 9.47 Å². The Morgan fingerprint density at radius 1 is 1.26 bits per heavy atom. The highest BCUT2D eigenvalue weighted by molar-refractivity contribution is 5.42. The van der Waals surface area contributed by atoms with Gasteiger partial charge in [-0.2, -0.15) is 0 Å². The Hall–Kier alpha value is -2.03. The fourth-order valence-corrected chi connectivity index (χ4v) is 2.53. The second kappa shape index (κ2) is 5.31. The molecule has 0 saturated heterocycles. The summed E-state index contributed by atoms with van der Waals surface area (Å²) in [5, 5.41) is 0. The minimum Gasteiger partial charge on any atom is -0.497 e. The standard InChI is InChI=1S/C16H17NO2/c1-18-15-3-2-14-9-13(11-19-16(14)10-15)8-12-4-6-17-7-5-12/h2-7,10,13H,8-9,11H2,1H3/t13-/m1/s1. The highest BCUT2D eigenvalue weighted by Gasteiger charge is 2.20. The summed E-state index contributed by atoms with van der Waals surface area (Å²) >= 11 is 0. The summed E-state index contributed by atoms with van der Waals surface area (Å²) in [6.45, 7) is 0.766. The van der Waals surface area contributed by atoms with Crippen molar-refractivity contribution in [3.63, 3.8) is 0 Å². The number of ether oxygens (including phenoxy) is 2. The molecule has 0 amide bonds. The summed E-state index contributed by atoms with van der Waals surface area (Å²) in [6.07, 6.45) is 5.78. The molecule has 1 aromatic heterocycles. The topological polar surface area (TPSA) is 31.4 Å². The van der Waals surface area contributed by atoms with Crippen molar-refractivity contribution >= 4 is 0 Å². The van der Waals surface area contributed by atoms with Gasteiger partial charge in [0.05, 0.1) is 13.7 Å². The van der Waals surface area contributed by atoms with Gasteiger partial charge in [0, 0.05) is 24.4 Å². The van der Waals surface area contributed by atoms with Gasteiger partial charge in [0.25, 0.3) is 0 Å². The molecule has 0 spiro atoms. The maximum atomic E-state index is 5.86. The van der Waals surface area contributed by atoms with Crippen molar-refractivity contribution in [3.8, 4) is 11.5 Å². The van der Waals surface area contributed by atoms with Crippen LogP contribution >= 0.6 is 0 Å². The molecule has 0 aliphatic carbocycles. The van der Waals surface area contributed by atoms with Crippen molar-refractivity contribution in [1.82, 2.24) is 4.98 Å². The molecular weight excluding hydrogens is 238 g/mol. The Bertz CT molecular complexity index is 554. The third-order valence-electron chi connectivity index (χ3n) is 3.53. The van der Waals surface area contributed by atoms with E-state index in [1.165, 1.54) is 11.1 Å². The van der Waals surface area contributed by atoms with Gasteiger partial charge in [-0.1, -0.05) is 6.07 Å². The van der Waals surface area contributed by atoms with Crippen molar-refractivity contribution in [2.45, 2.75) is 12.8 Å². The summed E-state index contributed by atoms with van der Waals surface area (Å²) in [5.74, 6) is 2.35. The van der Waals surface area contributed by atoms with Gasteiger partial charge in [0.15, 0.2) is 0 Å². The molecule has 2 heterocycles. The number of benzene rings is 1. The van der Waals surface area contributed by atoms with E-state index in [1.807, 2.05) is 24.5 Å². The van der Waals surface area contributed by atoms with Crippen molar-refractivity contribution in [1.29, 1.82) is 0 Å². The van der Waals surface area contributed by atoms with Gasteiger partial charge in [0.1, 0.15) is 11.5 Å². The van der Waals surface area contributed by atoms with Crippen LogP contribution in [0.3, 0.4) is 0 Å². The van der Waals surface area contributed by atoms with E-state index in [0.29, 0.717) is 5.92 Å². The minimum absolute atomic E-state index is 0.531. The number of hydrogen-bond acceptors (Lipinski definition) is 3. The number of fused-ring (bicyclic) bond motifs is 1. The SMILES string of the molecule is COc1ccc2c(c1)OC[C@H](Cc1ccncc1)C2. The Labute approximate surface area is 113 Å². The second-order valence-corrected chi connectivity index (χ2v) is 4.91. The summed E-state index contributed by atoms with van der Waals surface area (Å²) in [6, 6.07) is 10.2. The van der Waals surface area contributed by atoms with Gasteiger partial charge >= 0.3 is 0 Å². The first-order valence-corrected chi connectivity index (χ1v) is 6.54. The highest BCUT2D eigenvalue weighted by Crippen LogP contribution is 2.31. The first-order chi connectivity index (χ1) is 9.35. The number of aromatic nitrogens is 1. The van der Waals surface area contributed by atoms with Crippen LogP contribution in [-0.4, -0.2) is 18.7 Å². The van der Waals surface area contributed by atoms with Gasteiger partial charge in [-0.15, -0.1) is 0 Å². The Morgan fingerprint density at radius 2 is 2.11 bits per heavy atom. The first kappa shape index (κ1) is 12.0. The monoisotopic (exact) mass is 255 g/mol. The molecule has 3 heteroatoms. The van der Waals surface area contributed by atoms with Crippen LogP contribution in [0.1, 0.15) is 11.1 Å². The van der Waals surface area contributed by atoms with Crippen molar-refractivity contribution in [3.05, 3.63) is 53.9 Å². The molecule has 0 fully saturated rings. The van der Waals surface area contributed by atoms with E-state index in [9.17, 15) is 0 Å². The van der Waals surface area contributed by atoms with Gasteiger partial charge in [-0.05, 0) is 42.2 Å². The van der Waals surface area contributed by atoms with Crippen LogP contribution in [-0.2, 0) is 12.8 Å². The molecule has 1 aromatic carbocycles. The van der Waals surface area contributed by atoms with E-state index in [1.54, 1.807) is 7.11 Å². The van der Waals surface area contributed by atoms with Gasteiger partial charge in [-0.3, -0.25) is 4.98 Å². The predicted molar refractivity (Wildman–Crippen MR) is 73.6 cm³/mol. The number of nitrogens with zero attached hydrogens (tertiary/aromatic N) is 1. The fourth-order valence-electron chi connectivity index (χ4n) is 2.53. The fraction of sp³-hybridized carbons (Fsp3) is 0.312. The predicted octanol–water partition coefficient (Wildman–Crippen LogP) is 2.88. The summed E-state index contributed by atoms with van der Waals surface area (Å²) < 4.78 is 11.1. The lowest BCUT2D eigenvalue weighted by atomic mass is 9.91. The molecule has 19 heavy (non-hydrogen) atoms. The molecule has 1 atom stereocenters. The highest BCUT2D eigenvalue weighted by atomic mass is 16.5. The zero-order valence-corrected chi connectivity index (χ0v) is 11.0. The molecule has 0 unspecified atom stereocenters. The first-order valence-electron chi connectivity index (χ1n) is 6.54. The normalized spacial score (nSPS) is 17.4. The number of rotatable bonds is 3. The molecule has 98 valence electrons. The lowest BCUT2D eigenvalue weighted by Gasteiger charge is -2.25. The van der Waals surface area contributed by atoms with Crippen LogP contribution in [0.2, 0.25) is 0 Å². The molecule has 1 aliphatic rings. The van der Waals surface area contributed by atoms with E-state index >= 15 is 0 Å². The van der Waals surface area contributed by atoms with Crippen molar-refractivity contribution in [2.24, 2.45) is 5.92 Å². The van der Waals surface area contributed by atoms with E-state index in [0.717, 1.165) is 30.9 Å². The summed E-state index contributed by atoms with van der Waals surface area (Å²) in [7, 11) is 1.68. The third-order valence-corrected chi connectivity index (χ3v) is 3.53. The number of hydrogen-bond donors (Lipinski definition) is 0. The largest absolute Gasteiger partial charge is 0.497 e. The number of methoxy groups -OCH3 is 1. The van der Waals surface area contributed by atoms with Gasteiger partial charge in [0.2, 0.25) is 0 Å². The molecule has 2 aromatic rings. The van der Waals surface area contributed by atoms with E-state index in [4.69, 9.17) is 9.47 Å². The van der Waals surface area contributed by atoms with Crippen LogP contribution in [0.4, 0.5) is 0 Å². The van der Waals surface area contributed by atoms with Gasteiger partial charge in [-0.25, -0.2) is 0 Å². The molecule has 1 aliphatic heterocycles. The molecule has 0 saturated carbocycles. The second-order valence-electron chi connectivity index (χ2n) is 4.91. The summed E-state index contributed by atoms with van der Waals surface area (Å²) in [4.78, 5) is 4.05. The van der Waals surface area contributed by atoms with E-state index in [2.05, 4.69) is 23.2 Å². The minimum atomic E-state index is 0.531. The average Bonchev–Trinajstić information content (AvgIpc) is 2.48. The maximum Gasteiger partial charge on any atom is 0.126 e. The van der Waals surface area contributed by atoms with Crippen LogP contribution in [0.5, 0.6) is 11.5 Å². The van der Waals surface area contributed by atoms with Crippen LogP contribution in [0, 0.1) is 5.92 Å². The molecular formula is C16H17NO2. The Morgan fingerprint density at radius 3 is 2.89 bits per heavy atom. The summed E-state index contributed by atoms with van der Waals surface area (Å²) in [5.41, 5.74) is 2.59. The molecule has 0 N–H and O–H groups in total. The molecule has 3 rings (SSSR count). The van der Waals surface area contributed by atoms with E-state index < -0.39 is 0 Å². The van der Waals surface area contributed by atoms with Crippen LogP contribution in [0.25, 0.3) is 0 Å². The average molecular weight is 255 g/mol. The van der Waals surface area contributed by atoms with Crippen molar-refractivity contribution in [2.75, 3.05) is 13.7 Å². The smallest absolute Gasteiger partial charge is 0.126 e. The molecule has 0 radical (unpaired) electrons. The zero-order chi connectivity index (χ0) is 13.1. The van der Waals surface area contributed by atoms with Crippen molar-refractivity contribution < 1.29 is 9.47 Å². The quantitative estimate of drug-likeness (QED) is 0.845. The van der Waals surface area contributed by atoms with E-state index in [-0.39, 0.29) is 0 Å². The molecule has 0 bridgehead atoms. The molecule has 3 nitrogen and oxygen atoms in total. The lowest BCUT2D eigenvalue weighted by molar-refractivity contribution is 0.220. The maximum absolute atomic E-state index is 5.86. The van der Waals surface area contributed by atoms with Crippen LogP contribution in [0.15, 0.2) is 42.7 Å². The Kier molecular flexibility index (Phi) is 3.36.